The molecule has 0 aliphatic rings. The number of thiol groups is 1. The molecule has 0 spiro atoms. The van der Waals surface area contributed by atoms with Crippen LogP contribution in [0.4, 0.5) is 0 Å². The Kier molecular flexibility index (Phi) is 9.74. The lowest BCUT2D eigenvalue weighted by atomic mass is 10.5. The van der Waals surface area contributed by atoms with E-state index in [0.29, 0.717) is 0 Å². The highest BCUT2D eigenvalue weighted by Crippen LogP contribution is 2.00. The maximum Gasteiger partial charge on any atom is 0.142 e. The van der Waals surface area contributed by atoms with Gasteiger partial charge in [0.25, 0.3) is 0 Å². The predicted octanol–water partition coefficient (Wildman–Crippen LogP) is 1.07. The van der Waals surface area contributed by atoms with Crippen LogP contribution >= 0.6 is 23.3 Å². The zero-order valence-corrected chi connectivity index (χ0v) is 8.92. The van der Waals surface area contributed by atoms with Crippen LogP contribution in [0.15, 0.2) is 0 Å². The molecule has 0 aliphatic heterocycles. The molecule has 4 heteroatoms. The van der Waals surface area contributed by atoms with Crippen LogP contribution in [-0.4, -0.2) is 26.8 Å². The maximum atomic E-state index is 5.16. The van der Waals surface area contributed by atoms with Gasteiger partial charge in [-0.15, -0.1) is 0 Å². The topological polar surface area (TPSA) is 9.23 Å². The second kappa shape index (κ2) is 8.88. The Labute approximate surface area is 68.5 Å². The molecule has 0 aromatic carbocycles. The van der Waals surface area contributed by atoms with Crippen LogP contribution in [0, 0.1) is 0 Å². The van der Waals surface area contributed by atoms with Gasteiger partial charge in [-0.05, 0) is 19.1 Å². The van der Waals surface area contributed by atoms with Crippen molar-refractivity contribution in [2.24, 2.45) is 0 Å². The van der Waals surface area contributed by atoms with Crippen molar-refractivity contribution in [3.8, 4) is 0 Å². The highest BCUT2D eigenvalue weighted by atomic mass is 32.5. The second-order valence-electron chi connectivity index (χ2n) is 1.59. The van der Waals surface area contributed by atoms with Gasteiger partial charge in [0, 0.05) is 13.2 Å². The van der Waals surface area contributed by atoms with Crippen LogP contribution in [0.1, 0.15) is 13.3 Å². The van der Waals surface area contributed by atoms with Gasteiger partial charge in [-0.3, -0.25) is 0 Å². The van der Waals surface area contributed by atoms with Gasteiger partial charge in [0.2, 0.25) is 0 Å². The lowest BCUT2D eigenvalue weighted by Gasteiger charge is -1.98. The smallest absolute Gasteiger partial charge is 0.142 e. The molecule has 0 aliphatic carbocycles. The zero-order valence-electron chi connectivity index (χ0n) is 5.80. The number of ether oxygens (including phenoxy) is 1. The van der Waals surface area contributed by atoms with Crippen molar-refractivity contribution in [1.29, 1.82) is 0 Å². The molecule has 0 amide bonds. The number of hydrogen-bond donors (Lipinski definition) is 1. The minimum absolute atomic E-state index is 0.0647. The van der Waals surface area contributed by atoms with E-state index in [-0.39, 0.29) is 7.82 Å². The van der Waals surface area contributed by atoms with Crippen molar-refractivity contribution in [3.05, 3.63) is 0 Å². The van der Waals surface area contributed by atoms with Crippen molar-refractivity contribution >= 4 is 31.1 Å². The predicted molar refractivity (Wildman–Crippen MR) is 51.1 cm³/mol. The van der Waals surface area contributed by atoms with E-state index >= 15 is 0 Å². The summed E-state index contributed by atoms with van der Waals surface area (Å²) in [5.74, 6) is 1.23. The molecule has 0 unspecified atom stereocenters. The molecule has 0 N–H and O–H groups in total. The molecular formula is C5H14OS2Si. The molecule has 0 fully saturated rings. The van der Waals surface area contributed by atoms with Crippen LogP contribution in [-0.2, 0) is 4.74 Å². The Morgan fingerprint density at radius 1 is 1.67 bits per heavy atom. The third-order valence-corrected chi connectivity index (χ3v) is 4.69. The fourth-order valence-electron chi connectivity index (χ4n) is 0.472. The largest absolute Gasteiger partial charge is 0.382 e. The third-order valence-electron chi connectivity index (χ3n) is 0.873. The third kappa shape index (κ3) is 8.88. The Balaban J connectivity index is 2.60. The summed E-state index contributed by atoms with van der Waals surface area (Å²) in [6, 6.07) is 0. The standard InChI is InChI=1S/C5H14OS2Si/c1-2-6-4-3-5-8-9-7/h7H,2-5,9H2,1H3. The summed E-state index contributed by atoms with van der Waals surface area (Å²) in [5.41, 5.74) is 0. The van der Waals surface area contributed by atoms with Crippen LogP contribution in [0.2, 0.25) is 0 Å². The molecule has 9 heavy (non-hydrogen) atoms. The average molecular weight is 182 g/mol. The van der Waals surface area contributed by atoms with Crippen LogP contribution in [0.5, 0.6) is 0 Å². The first kappa shape index (κ1) is 9.88. The van der Waals surface area contributed by atoms with E-state index < -0.39 is 0 Å². The highest BCUT2D eigenvalue weighted by molar-refractivity contribution is 8.44. The lowest BCUT2D eigenvalue weighted by Crippen LogP contribution is -1.94. The number of hydrogen-bond acceptors (Lipinski definition) is 3. The average Bonchev–Trinajstić information content (AvgIpc) is 1.89. The van der Waals surface area contributed by atoms with Crippen molar-refractivity contribution in [1.82, 2.24) is 0 Å². The summed E-state index contributed by atoms with van der Waals surface area (Å²) >= 11 is 6.19. The van der Waals surface area contributed by atoms with Crippen LogP contribution in [0.25, 0.3) is 0 Å². The minimum atomic E-state index is -0.0647. The summed E-state index contributed by atoms with van der Waals surface area (Å²) < 4.78 is 5.16. The normalized spacial score (nSPS) is 11.3. The zero-order chi connectivity index (χ0) is 6.95. The van der Waals surface area contributed by atoms with Gasteiger partial charge < -0.3 is 4.74 Å². The number of rotatable bonds is 6. The first-order valence-corrected chi connectivity index (χ1v) is 8.59. The molecule has 0 aromatic heterocycles. The Morgan fingerprint density at radius 3 is 3.00 bits per heavy atom. The first-order chi connectivity index (χ1) is 4.41. The van der Waals surface area contributed by atoms with Gasteiger partial charge in [0.1, 0.15) is 7.82 Å². The Morgan fingerprint density at radius 2 is 2.44 bits per heavy atom. The van der Waals surface area contributed by atoms with Gasteiger partial charge in [-0.2, -0.15) is 23.3 Å². The maximum absolute atomic E-state index is 5.16. The van der Waals surface area contributed by atoms with E-state index in [1.54, 1.807) is 0 Å². The van der Waals surface area contributed by atoms with Gasteiger partial charge in [0.15, 0.2) is 0 Å². The SMILES string of the molecule is CCOCCCS[SiH2]S. The molecule has 0 bridgehead atoms. The van der Waals surface area contributed by atoms with Crippen molar-refractivity contribution in [3.63, 3.8) is 0 Å². The fourth-order valence-corrected chi connectivity index (χ4v) is 3.08. The van der Waals surface area contributed by atoms with Crippen molar-refractivity contribution < 1.29 is 4.74 Å². The summed E-state index contributed by atoms with van der Waals surface area (Å²) in [6.45, 7) is 3.80. The lowest BCUT2D eigenvalue weighted by molar-refractivity contribution is 0.149. The van der Waals surface area contributed by atoms with Gasteiger partial charge in [-0.1, -0.05) is 0 Å². The molecule has 0 heterocycles. The molecule has 0 radical (unpaired) electrons. The van der Waals surface area contributed by atoms with Gasteiger partial charge in [-0.25, -0.2) is 0 Å². The molecule has 0 saturated heterocycles. The van der Waals surface area contributed by atoms with E-state index in [1.807, 2.05) is 18.1 Å². The summed E-state index contributed by atoms with van der Waals surface area (Å²) in [5, 5.41) is 0. The second-order valence-corrected chi connectivity index (χ2v) is 6.99. The molecule has 1 nitrogen and oxygen atoms in total. The Bertz CT molecular complexity index is 48.2. The summed E-state index contributed by atoms with van der Waals surface area (Å²) in [6.07, 6.45) is 1.19. The molecule has 0 rings (SSSR count). The first-order valence-electron chi connectivity index (χ1n) is 3.18. The van der Waals surface area contributed by atoms with E-state index in [2.05, 4.69) is 12.1 Å². The van der Waals surface area contributed by atoms with Crippen molar-refractivity contribution in [2.75, 3.05) is 19.0 Å². The molecule has 56 valence electrons. The van der Waals surface area contributed by atoms with E-state index in [0.717, 1.165) is 13.2 Å². The summed E-state index contributed by atoms with van der Waals surface area (Å²) in [7, 11) is -0.0647. The quantitative estimate of drug-likeness (QED) is 0.374. The molecule has 0 aromatic rings. The van der Waals surface area contributed by atoms with E-state index in [4.69, 9.17) is 4.74 Å². The van der Waals surface area contributed by atoms with Crippen molar-refractivity contribution in [2.45, 2.75) is 13.3 Å². The van der Waals surface area contributed by atoms with E-state index in [9.17, 15) is 0 Å². The minimum Gasteiger partial charge on any atom is -0.382 e. The Hall–Kier alpha value is 0.877. The van der Waals surface area contributed by atoms with Gasteiger partial charge >= 0.3 is 0 Å². The van der Waals surface area contributed by atoms with Crippen LogP contribution in [0.3, 0.4) is 0 Å². The van der Waals surface area contributed by atoms with E-state index in [1.165, 1.54) is 12.2 Å². The highest BCUT2D eigenvalue weighted by Gasteiger charge is 1.85. The fraction of sp³-hybridized carbons (Fsp3) is 1.00. The van der Waals surface area contributed by atoms with Crippen LogP contribution < -0.4 is 0 Å². The monoisotopic (exact) mass is 182 g/mol. The molecular weight excluding hydrogens is 168 g/mol. The molecule has 0 atom stereocenters. The molecule has 0 saturated carbocycles. The van der Waals surface area contributed by atoms with Gasteiger partial charge in [0.05, 0.1) is 0 Å². The summed E-state index contributed by atoms with van der Waals surface area (Å²) in [4.78, 5) is 0.